The predicted molar refractivity (Wildman–Crippen MR) is 109 cm³/mol. The molecular formula is C21H23N3O7. The van der Waals surface area contributed by atoms with Crippen LogP contribution in [0.2, 0.25) is 0 Å². The molecule has 0 radical (unpaired) electrons. The number of amides is 4. The number of hydrogen-bond donors (Lipinski definition) is 1. The van der Waals surface area contributed by atoms with Crippen LogP contribution in [-0.2, 0) is 23.9 Å². The van der Waals surface area contributed by atoms with Gasteiger partial charge in [-0.1, -0.05) is 0 Å². The van der Waals surface area contributed by atoms with E-state index in [2.05, 4.69) is 5.32 Å². The van der Waals surface area contributed by atoms with Gasteiger partial charge in [0.1, 0.15) is 6.04 Å². The number of carbonyl (C=O) groups excluding carboxylic acids is 4. The molecule has 164 valence electrons. The summed E-state index contributed by atoms with van der Waals surface area (Å²) >= 11 is 0. The highest BCUT2D eigenvalue weighted by atomic mass is 16.7. The van der Waals surface area contributed by atoms with Gasteiger partial charge in [-0.3, -0.25) is 19.2 Å². The number of hydrogen-bond acceptors (Lipinski definition) is 7. The first-order valence-corrected chi connectivity index (χ1v) is 9.50. The Morgan fingerprint density at radius 2 is 1.87 bits per heavy atom. The summed E-state index contributed by atoms with van der Waals surface area (Å²) in [5, 5.41) is 2.62. The van der Waals surface area contributed by atoms with Crippen LogP contribution in [-0.4, -0.2) is 61.6 Å². The maximum Gasteiger partial charge on any atom is 0.290 e. The van der Waals surface area contributed by atoms with Crippen LogP contribution in [0.4, 0.5) is 11.4 Å². The van der Waals surface area contributed by atoms with Crippen molar-refractivity contribution in [1.29, 1.82) is 0 Å². The molecule has 10 heteroatoms. The van der Waals surface area contributed by atoms with Crippen molar-refractivity contribution in [3.05, 3.63) is 48.4 Å². The van der Waals surface area contributed by atoms with E-state index < -0.39 is 30.1 Å². The average molecular weight is 429 g/mol. The van der Waals surface area contributed by atoms with E-state index in [1.165, 1.54) is 38.4 Å². The molecule has 0 aliphatic carbocycles. The first-order valence-electron chi connectivity index (χ1n) is 9.50. The smallest absolute Gasteiger partial charge is 0.290 e. The number of benzene rings is 1. The molecule has 1 unspecified atom stereocenters. The third-order valence-electron chi connectivity index (χ3n) is 4.81. The molecule has 4 amide bonds. The summed E-state index contributed by atoms with van der Waals surface area (Å²) in [6, 6.07) is 8.26. The minimum Gasteiger partial charge on any atom is -0.459 e. The Balaban J connectivity index is 1.87. The van der Waals surface area contributed by atoms with Crippen molar-refractivity contribution in [2.24, 2.45) is 0 Å². The molecule has 1 saturated heterocycles. The van der Waals surface area contributed by atoms with E-state index >= 15 is 0 Å². The zero-order valence-corrected chi connectivity index (χ0v) is 17.4. The fourth-order valence-electron chi connectivity index (χ4n) is 3.33. The van der Waals surface area contributed by atoms with Gasteiger partial charge in [-0.25, -0.2) is 4.90 Å². The van der Waals surface area contributed by atoms with E-state index in [-0.39, 0.29) is 24.6 Å². The third kappa shape index (κ3) is 4.81. The first-order chi connectivity index (χ1) is 14.8. The third-order valence-corrected chi connectivity index (χ3v) is 4.81. The Labute approximate surface area is 178 Å². The molecule has 1 aliphatic rings. The monoisotopic (exact) mass is 429 g/mol. The van der Waals surface area contributed by atoms with Crippen LogP contribution in [0, 0.1) is 0 Å². The van der Waals surface area contributed by atoms with Gasteiger partial charge in [0.2, 0.25) is 11.8 Å². The number of furan rings is 1. The van der Waals surface area contributed by atoms with Crippen LogP contribution in [0.15, 0.2) is 47.1 Å². The molecule has 3 rings (SSSR count). The van der Waals surface area contributed by atoms with Gasteiger partial charge in [0, 0.05) is 26.8 Å². The number of methoxy groups -OCH3 is 2. The molecule has 0 spiro atoms. The topological polar surface area (TPSA) is 118 Å². The van der Waals surface area contributed by atoms with Crippen LogP contribution in [0.25, 0.3) is 0 Å². The average Bonchev–Trinajstić information content (AvgIpc) is 3.38. The second-order valence-electron chi connectivity index (χ2n) is 6.85. The second kappa shape index (κ2) is 9.54. The summed E-state index contributed by atoms with van der Waals surface area (Å²) < 4.78 is 15.6. The fourth-order valence-corrected chi connectivity index (χ4v) is 3.33. The molecule has 1 fully saturated rings. The lowest BCUT2D eigenvalue weighted by molar-refractivity contribution is -0.128. The number of nitrogens with zero attached hydrogens (tertiary/aromatic N) is 2. The molecule has 1 aromatic carbocycles. The first kappa shape index (κ1) is 22.2. The molecule has 1 aromatic heterocycles. The highest BCUT2D eigenvalue weighted by molar-refractivity contribution is 6.23. The molecule has 1 atom stereocenters. The van der Waals surface area contributed by atoms with Crippen molar-refractivity contribution in [2.45, 2.75) is 25.7 Å². The predicted octanol–water partition coefficient (Wildman–Crippen LogP) is 1.63. The maximum atomic E-state index is 13.2. The van der Waals surface area contributed by atoms with E-state index in [0.717, 1.165) is 4.90 Å². The summed E-state index contributed by atoms with van der Waals surface area (Å²) in [5.41, 5.74) is 0.872. The second-order valence-corrected chi connectivity index (χ2v) is 6.85. The van der Waals surface area contributed by atoms with Crippen molar-refractivity contribution in [3.8, 4) is 0 Å². The molecule has 1 N–H and O–H groups in total. The fraction of sp³-hybridized carbons (Fsp3) is 0.333. The van der Waals surface area contributed by atoms with Gasteiger partial charge in [-0.05, 0) is 36.4 Å². The number of carbonyl (C=O) groups is 4. The van der Waals surface area contributed by atoms with Crippen LogP contribution in [0.3, 0.4) is 0 Å². The molecule has 2 heterocycles. The minimum atomic E-state index is -1.05. The Kier molecular flexibility index (Phi) is 6.83. The quantitative estimate of drug-likeness (QED) is 0.500. The molecule has 0 saturated carbocycles. The SMILES string of the molecule is COC(CN(C(=O)c1ccco1)C1CC(=O)N(c2ccc(NC(C)=O)cc2)C1=O)OC. The van der Waals surface area contributed by atoms with Crippen LogP contribution in [0.5, 0.6) is 0 Å². The Hall–Kier alpha value is -3.50. The van der Waals surface area contributed by atoms with E-state index in [1.54, 1.807) is 30.3 Å². The van der Waals surface area contributed by atoms with Crippen molar-refractivity contribution >= 4 is 35.0 Å². The summed E-state index contributed by atoms with van der Waals surface area (Å²) in [6.07, 6.45) is 0.353. The zero-order valence-electron chi connectivity index (χ0n) is 17.4. The highest BCUT2D eigenvalue weighted by Crippen LogP contribution is 2.28. The lowest BCUT2D eigenvalue weighted by Crippen LogP contribution is -2.49. The lowest BCUT2D eigenvalue weighted by Gasteiger charge is -2.29. The molecule has 10 nitrogen and oxygen atoms in total. The standard InChI is InChI=1S/C21H23N3O7/c1-13(25)22-14-6-8-15(9-7-14)24-18(26)11-16(20(24)27)23(12-19(29-2)30-3)21(28)17-5-4-10-31-17/h4-10,16,19H,11-12H2,1-3H3,(H,22,25). The Morgan fingerprint density at radius 3 is 2.42 bits per heavy atom. The van der Waals surface area contributed by atoms with E-state index in [4.69, 9.17) is 13.9 Å². The largest absolute Gasteiger partial charge is 0.459 e. The number of rotatable bonds is 8. The maximum absolute atomic E-state index is 13.2. The van der Waals surface area contributed by atoms with Gasteiger partial charge in [0.05, 0.1) is 24.9 Å². The molecule has 2 aromatic rings. The van der Waals surface area contributed by atoms with Crippen LogP contribution < -0.4 is 10.2 Å². The van der Waals surface area contributed by atoms with Gasteiger partial charge in [0.15, 0.2) is 12.1 Å². The van der Waals surface area contributed by atoms with Gasteiger partial charge in [-0.15, -0.1) is 0 Å². The van der Waals surface area contributed by atoms with E-state index in [0.29, 0.717) is 11.4 Å². The normalized spacial score (nSPS) is 16.1. The summed E-state index contributed by atoms with van der Waals surface area (Å²) in [4.78, 5) is 52.3. The van der Waals surface area contributed by atoms with Crippen LogP contribution >= 0.6 is 0 Å². The van der Waals surface area contributed by atoms with Gasteiger partial charge in [0.25, 0.3) is 11.8 Å². The molecule has 0 bridgehead atoms. The number of nitrogens with one attached hydrogen (secondary N) is 1. The molecule has 1 aliphatic heterocycles. The molecule has 31 heavy (non-hydrogen) atoms. The van der Waals surface area contributed by atoms with Crippen molar-refractivity contribution in [2.75, 3.05) is 31.0 Å². The summed E-state index contributed by atoms with van der Waals surface area (Å²) in [7, 11) is 2.82. The van der Waals surface area contributed by atoms with E-state index in [1.807, 2.05) is 0 Å². The Bertz CT molecular complexity index is 952. The zero-order chi connectivity index (χ0) is 22.5. The minimum absolute atomic E-state index is 0.0318. The van der Waals surface area contributed by atoms with Crippen LogP contribution in [0.1, 0.15) is 23.9 Å². The van der Waals surface area contributed by atoms with Gasteiger partial charge >= 0.3 is 0 Å². The number of imide groups is 1. The summed E-state index contributed by atoms with van der Waals surface area (Å²) in [5.74, 6) is -1.77. The highest BCUT2D eigenvalue weighted by Gasteiger charge is 2.45. The Morgan fingerprint density at radius 1 is 1.19 bits per heavy atom. The van der Waals surface area contributed by atoms with Gasteiger partial charge in [-0.2, -0.15) is 0 Å². The van der Waals surface area contributed by atoms with Gasteiger partial charge < -0.3 is 24.1 Å². The van der Waals surface area contributed by atoms with Crippen molar-refractivity contribution < 1.29 is 33.1 Å². The summed E-state index contributed by atoms with van der Waals surface area (Å²) in [6.45, 7) is 1.30. The molecular weight excluding hydrogens is 406 g/mol. The van der Waals surface area contributed by atoms with E-state index in [9.17, 15) is 19.2 Å². The van der Waals surface area contributed by atoms with Crippen molar-refractivity contribution in [3.63, 3.8) is 0 Å². The number of ether oxygens (including phenoxy) is 2. The van der Waals surface area contributed by atoms with Crippen molar-refractivity contribution in [1.82, 2.24) is 4.90 Å². The lowest BCUT2D eigenvalue weighted by atomic mass is 10.2. The number of anilines is 2.